The van der Waals surface area contributed by atoms with Gasteiger partial charge in [0.05, 0.1) is 0 Å². The molecule has 0 aromatic heterocycles. The van der Waals surface area contributed by atoms with E-state index in [1.165, 1.54) is 0 Å². The van der Waals surface area contributed by atoms with E-state index in [1.807, 2.05) is 24.3 Å². The molecule has 1 aliphatic carbocycles. The predicted octanol–water partition coefficient (Wildman–Crippen LogP) is 2.59. The molecule has 12 heavy (non-hydrogen) atoms. The van der Waals surface area contributed by atoms with Gasteiger partial charge in [0, 0.05) is 10.9 Å². The van der Waals surface area contributed by atoms with Crippen molar-refractivity contribution in [3.63, 3.8) is 0 Å². The summed E-state index contributed by atoms with van der Waals surface area (Å²) in [6, 6.07) is 5.98. The molecule has 1 aromatic rings. The minimum absolute atomic E-state index is 0.185. The van der Waals surface area contributed by atoms with Gasteiger partial charge in [-0.25, -0.2) is 0 Å². The highest BCUT2D eigenvalue weighted by atomic mass is 79.9. The average molecular weight is 223 g/mol. The highest BCUT2D eigenvalue weighted by Crippen LogP contribution is 2.21. The van der Waals surface area contributed by atoms with Crippen LogP contribution in [0.25, 0.3) is 6.08 Å². The minimum Gasteiger partial charge on any atom is -0.294 e. The van der Waals surface area contributed by atoms with Crippen molar-refractivity contribution in [1.82, 2.24) is 0 Å². The second kappa shape index (κ2) is 2.87. The highest BCUT2D eigenvalue weighted by molar-refractivity contribution is 9.10. The van der Waals surface area contributed by atoms with Gasteiger partial charge in [-0.2, -0.15) is 0 Å². The van der Waals surface area contributed by atoms with Crippen molar-refractivity contribution in [2.24, 2.45) is 0 Å². The Morgan fingerprint density at radius 3 is 2.92 bits per heavy atom. The molecule has 1 aromatic carbocycles. The molecule has 0 bridgehead atoms. The Morgan fingerprint density at radius 2 is 2.08 bits per heavy atom. The Bertz CT molecular complexity index is 366. The third kappa shape index (κ3) is 1.34. The maximum Gasteiger partial charge on any atom is 0.160 e. The Morgan fingerprint density at radius 1 is 1.25 bits per heavy atom. The fraction of sp³-hybridized carbons (Fsp3) is 0.100. The Kier molecular flexibility index (Phi) is 1.85. The van der Waals surface area contributed by atoms with E-state index < -0.39 is 0 Å². The van der Waals surface area contributed by atoms with Crippen LogP contribution >= 0.6 is 15.9 Å². The van der Waals surface area contributed by atoms with Gasteiger partial charge in [0.15, 0.2) is 5.78 Å². The highest BCUT2D eigenvalue weighted by Gasteiger charge is 2.09. The second-order valence-electron chi connectivity index (χ2n) is 2.82. The molecule has 0 saturated heterocycles. The smallest absolute Gasteiger partial charge is 0.160 e. The molecule has 0 amide bonds. The lowest BCUT2D eigenvalue weighted by Gasteiger charge is -2.08. The standard InChI is InChI=1S/C10H7BrO/c11-9-3-1-8-6-10(12)4-2-7(8)5-9/h1-5H,6H2. The van der Waals surface area contributed by atoms with E-state index in [9.17, 15) is 4.79 Å². The summed E-state index contributed by atoms with van der Waals surface area (Å²) in [5.74, 6) is 0.185. The average Bonchev–Trinajstić information content (AvgIpc) is 2.05. The molecule has 0 fully saturated rings. The molecule has 2 heteroatoms. The third-order valence-corrected chi connectivity index (χ3v) is 2.41. The van der Waals surface area contributed by atoms with Crippen molar-refractivity contribution in [3.8, 4) is 0 Å². The Hall–Kier alpha value is -0.890. The Labute approximate surface area is 79.2 Å². The molecule has 0 heterocycles. The van der Waals surface area contributed by atoms with E-state index in [0.29, 0.717) is 6.42 Å². The fourth-order valence-corrected chi connectivity index (χ4v) is 1.69. The van der Waals surface area contributed by atoms with Crippen LogP contribution in [0.1, 0.15) is 11.1 Å². The lowest BCUT2D eigenvalue weighted by atomic mass is 9.97. The third-order valence-electron chi connectivity index (χ3n) is 1.92. The summed E-state index contributed by atoms with van der Waals surface area (Å²) >= 11 is 3.39. The van der Waals surface area contributed by atoms with Crippen LogP contribution in [-0.2, 0) is 11.2 Å². The second-order valence-corrected chi connectivity index (χ2v) is 3.74. The molecular weight excluding hydrogens is 216 g/mol. The molecule has 1 nitrogen and oxygen atoms in total. The SMILES string of the molecule is O=C1C=Cc2cc(Br)ccc2C1. The number of carbonyl (C=O) groups excluding carboxylic acids is 1. The van der Waals surface area contributed by atoms with Crippen LogP contribution in [0.15, 0.2) is 28.7 Å². The van der Waals surface area contributed by atoms with E-state index in [2.05, 4.69) is 15.9 Å². The fourth-order valence-electron chi connectivity index (χ4n) is 1.31. The lowest BCUT2D eigenvalue weighted by molar-refractivity contribution is -0.114. The molecule has 0 atom stereocenters. The van der Waals surface area contributed by atoms with Crippen LogP contribution < -0.4 is 0 Å². The van der Waals surface area contributed by atoms with Crippen molar-refractivity contribution >= 4 is 27.8 Å². The van der Waals surface area contributed by atoms with Gasteiger partial charge >= 0.3 is 0 Å². The van der Waals surface area contributed by atoms with E-state index in [0.717, 1.165) is 15.6 Å². The normalized spacial score (nSPS) is 14.6. The van der Waals surface area contributed by atoms with Crippen molar-refractivity contribution in [2.75, 3.05) is 0 Å². The molecule has 60 valence electrons. The van der Waals surface area contributed by atoms with Crippen LogP contribution in [0.2, 0.25) is 0 Å². The Balaban J connectivity index is 2.54. The predicted molar refractivity (Wildman–Crippen MR) is 51.9 cm³/mol. The molecule has 0 N–H and O–H groups in total. The number of hydrogen-bond donors (Lipinski definition) is 0. The number of hydrogen-bond acceptors (Lipinski definition) is 1. The van der Waals surface area contributed by atoms with E-state index in [-0.39, 0.29) is 5.78 Å². The monoisotopic (exact) mass is 222 g/mol. The van der Waals surface area contributed by atoms with Crippen LogP contribution in [0.3, 0.4) is 0 Å². The summed E-state index contributed by atoms with van der Waals surface area (Å²) in [6.07, 6.45) is 4.04. The lowest BCUT2D eigenvalue weighted by Crippen LogP contribution is -2.04. The molecule has 0 unspecified atom stereocenters. The van der Waals surface area contributed by atoms with Crippen molar-refractivity contribution in [3.05, 3.63) is 39.9 Å². The van der Waals surface area contributed by atoms with Gasteiger partial charge in [-0.3, -0.25) is 4.79 Å². The van der Waals surface area contributed by atoms with Crippen LogP contribution in [0, 0.1) is 0 Å². The first-order valence-electron chi connectivity index (χ1n) is 3.75. The van der Waals surface area contributed by atoms with Gasteiger partial charge in [-0.1, -0.05) is 28.1 Å². The van der Waals surface area contributed by atoms with Gasteiger partial charge in [0.1, 0.15) is 0 Å². The number of benzene rings is 1. The number of ketones is 1. The number of allylic oxidation sites excluding steroid dienone is 1. The van der Waals surface area contributed by atoms with E-state index >= 15 is 0 Å². The van der Waals surface area contributed by atoms with E-state index in [1.54, 1.807) is 6.08 Å². The molecule has 2 rings (SSSR count). The quantitative estimate of drug-likeness (QED) is 0.660. The minimum atomic E-state index is 0.185. The number of halogens is 1. The van der Waals surface area contributed by atoms with Gasteiger partial charge in [-0.15, -0.1) is 0 Å². The molecule has 0 spiro atoms. The molecule has 0 aliphatic heterocycles. The first-order valence-corrected chi connectivity index (χ1v) is 4.54. The number of carbonyl (C=O) groups is 1. The summed E-state index contributed by atoms with van der Waals surface area (Å²) in [5, 5.41) is 0. The zero-order valence-corrected chi connectivity index (χ0v) is 7.97. The largest absolute Gasteiger partial charge is 0.294 e. The first-order chi connectivity index (χ1) is 5.75. The summed E-state index contributed by atoms with van der Waals surface area (Å²) in [7, 11) is 0. The molecular formula is C10H7BrO. The van der Waals surface area contributed by atoms with Crippen molar-refractivity contribution in [2.45, 2.75) is 6.42 Å². The van der Waals surface area contributed by atoms with Crippen molar-refractivity contribution in [1.29, 1.82) is 0 Å². The molecule has 0 saturated carbocycles. The molecule has 1 aliphatic rings. The maximum absolute atomic E-state index is 11.0. The van der Waals surface area contributed by atoms with Crippen LogP contribution in [0.4, 0.5) is 0 Å². The summed E-state index contributed by atoms with van der Waals surface area (Å²) in [5.41, 5.74) is 2.26. The molecule has 0 radical (unpaired) electrons. The topological polar surface area (TPSA) is 17.1 Å². The van der Waals surface area contributed by atoms with Crippen molar-refractivity contribution < 1.29 is 4.79 Å². The van der Waals surface area contributed by atoms with Gasteiger partial charge < -0.3 is 0 Å². The number of fused-ring (bicyclic) bond motifs is 1. The van der Waals surface area contributed by atoms with Gasteiger partial charge in [-0.05, 0) is 29.3 Å². The van der Waals surface area contributed by atoms with E-state index in [4.69, 9.17) is 0 Å². The van der Waals surface area contributed by atoms with Gasteiger partial charge in [0.2, 0.25) is 0 Å². The maximum atomic E-state index is 11.0. The first kappa shape index (κ1) is 7.74. The number of rotatable bonds is 0. The summed E-state index contributed by atoms with van der Waals surface area (Å²) < 4.78 is 1.06. The van der Waals surface area contributed by atoms with Crippen LogP contribution in [-0.4, -0.2) is 5.78 Å². The summed E-state index contributed by atoms with van der Waals surface area (Å²) in [4.78, 5) is 11.0. The zero-order chi connectivity index (χ0) is 8.55. The van der Waals surface area contributed by atoms with Gasteiger partial charge in [0.25, 0.3) is 0 Å². The zero-order valence-electron chi connectivity index (χ0n) is 6.38. The summed E-state index contributed by atoms with van der Waals surface area (Å²) in [6.45, 7) is 0. The van der Waals surface area contributed by atoms with Crippen LogP contribution in [0.5, 0.6) is 0 Å².